The quantitative estimate of drug-likeness (QED) is 0.302. The third kappa shape index (κ3) is 8.44. The van der Waals surface area contributed by atoms with E-state index in [-0.39, 0.29) is 6.61 Å². The van der Waals surface area contributed by atoms with Gasteiger partial charge in [0.05, 0.1) is 0 Å². The van der Waals surface area contributed by atoms with Crippen LogP contribution in [0.2, 0.25) is 13.3 Å². The molecule has 2 heteroatoms. The Labute approximate surface area is 137 Å². The van der Waals surface area contributed by atoms with Gasteiger partial charge in [-0.05, 0) is 0 Å². The van der Waals surface area contributed by atoms with E-state index in [4.69, 9.17) is 5.11 Å². The fourth-order valence-electron chi connectivity index (χ4n) is 3.21. The Morgan fingerprint density at radius 2 is 1.29 bits per heavy atom. The molecule has 0 aromatic heterocycles. The number of hydrogen-bond acceptors (Lipinski definition) is 1. The third-order valence-electron chi connectivity index (χ3n) is 4.72. The van der Waals surface area contributed by atoms with Gasteiger partial charge in [-0.1, -0.05) is 0 Å². The minimum absolute atomic E-state index is 0.164. The van der Waals surface area contributed by atoms with Crippen molar-refractivity contribution in [1.82, 2.24) is 0 Å². The van der Waals surface area contributed by atoms with Gasteiger partial charge in [0, 0.05) is 0 Å². The standard InChI is InChI=1S/C7H11O.3C4H9.Sn/c1-3-4-7(2)5-6-8;3*1-3-4-2;/h4-5,8H,6H2,1-2H3;3*1,3-4H2,2H3;/b4-3?,7-5-;;;;. The van der Waals surface area contributed by atoms with Crippen LogP contribution in [0.1, 0.15) is 73.1 Å². The fourth-order valence-corrected chi connectivity index (χ4v) is 19.1. The first kappa shape index (κ1) is 21.2. The second-order valence-electron chi connectivity index (χ2n) is 6.55. The number of aliphatic hydroxyl groups excluding tert-OH is 1. The van der Waals surface area contributed by atoms with Crippen molar-refractivity contribution in [1.29, 1.82) is 0 Å². The van der Waals surface area contributed by atoms with Crippen LogP contribution in [0.15, 0.2) is 21.3 Å². The molecule has 0 aromatic carbocycles. The van der Waals surface area contributed by atoms with Gasteiger partial charge in [0.1, 0.15) is 0 Å². The Hall–Kier alpha value is 0.239. The summed E-state index contributed by atoms with van der Waals surface area (Å²) in [5.41, 5.74) is 1.25. The summed E-state index contributed by atoms with van der Waals surface area (Å²) in [6.07, 6.45) is 12.6. The molecule has 0 unspecified atom stereocenters. The van der Waals surface area contributed by atoms with E-state index in [0.29, 0.717) is 0 Å². The second kappa shape index (κ2) is 12.8. The second-order valence-corrected chi connectivity index (χ2v) is 20.4. The van der Waals surface area contributed by atoms with Gasteiger partial charge in [-0.3, -0.25) is 0 Å². The maximum atomic E-state index is 9.09. The summed E-state index contributed by atoms with van der Waals surface area (Å²) in [7, 11) is 0. The molecular formula is C19H38OSn. The van der Waals surface area contributed by atoms with Crippen molar-refractivity contribution in [2.75, 3.05) is 6.61 Å². The van der Waals surface area contributed by atoms with E-state index in [1.54, 1.807) is 3.59 Å². The third-order valence-corrected chi connectivity index (χ3v) is 21.1. The summed E-state index contributed by atoms with van der Waals surface area (Å²) >= 11 is -2.18. The van der Waals surface area contributed by atoms with Gasteiger partial charge in [0.15, 0.2) is 0 Å². The molecule has 21 heavy (non-hydrogen) atoms. The van der Waals surface area contributed by atoms with E-state index >= 15 is 0 Å². The molecule has 0 saturated heterocycles. The predicted octanol–water partition coefficient (Wildman–Crippen LogP) is 6.26. The summed E-state index contributed by atoms with van der Waals surface area (Å²) in [5.74, 6) is 0. The van der Waals surface area contributed by atoms with Crippen molar-refractivity contribution in [3.63, 3.8) is 0 Å². The first-order chi connectivity index (χ1) is 10.1. The Morgan fingerprint density at radius 3 is 1.62 bits per heavy atom. The van der Waals surface area contributed by atoms with Crippen molar-refractivity contribution < 1.29 is 5.11 Å². The molecule has 0 aliphatic rings. The molecule has 0 rings (SSSR count). The van der Waals surface area contributed by atoms with Crippen molar-refractivity contribution in [2.45, 2.75) is 86.5 Å². The average molecular weight is 401 g/mol. The van der Waals surface area contributed by atoms with Crippen molar-refractivity contribution in [2.24, 2.45) is 0 Å². The molecule has 0 bridgehead atoms. The normalized spacial score (nSPS) is 13.8. The molecule has 0 amide bonds. The zero-order chi connectivity index (χ0) is 16.1. The van der Waals surface area contributed by atoms with Crippen LogP contribution in [0.3, 0.4) is 0 Å². The first-order valence-electron chi connectivity index (χ1n) is 9.02. The number of aliphatic hydroxyl groups is 1. The van der Waals surface area contributed by atoms with E-state index in [1.165, 1.54) is 57.4 Å². The SMILES string of the molecule is CCC[CH2][Sn]([CH2]CCC)([CH2]CCC)/[C](C)=C/C(C)=C\CO. The van der Waals surface area contributed by atoms with Crippen LogP contribution >= 0.6 is 0 Å². The molecule has 1 N–H and O–H groups in total. The van der Waals surface area contributed by atoms with E-state index in [0.717, 1.165) is 0 Å². The molecule has 0 saturated carbocycles. The number of allylic oxidation sites excluding steroid dienone is 3. The number of unbranched alkanes of at least 4 members (excludes halogenated alkanes) is 3. The molecule has 0 heterocycles. The van der Waals surface area contributed by atoms with Crippen LogP contribution < -0.4 is 0 Å². The van der Waals surface area contributed by atoms with Gasteiger partial charge in [-0.15, -0.1) is 0 Å². The average Bonchev–Trinajstić information content (AvgIpc) is 2.47. The van der Waals surface area contributed by atoms with Gasteiger partial charge in [-0.25, -0.2) is 0 Å². The van der Waals surface area contributed by atoms with E-state index < -0.39 is 18.4 Å². The van der Waals surface area contributed by atoms with Gasteiger partial charge < -0.3 is 0 Å². The van der Waals surface area contributed by atoms with Crippen LogP contribution in [0.4, 0.5) is 0 Å². The van der Waals surface area contributed by atoms with Crippen LogP contribution in [-0.4, -0.2) is 30.1 Å². The van der Waals surface area contributed by atoms with Gasteiger partial charge >= 0.3 is 138 Å². The summed E-state index contributed by atoms with van der Waals surface area (Å²) in [5, 5.41) is 9.09. The van der Waals surface area contributed by atoms with Crippen molar-refractivity contribution in [3.05, 3.63) is 21.3 Å². The predicted molar refractivity (Wildman–Crippen MR) is 99.5 cm³/mol. The van der Waals surface area contributed by atoms with Gasteiger partial charge in [0.2, 0.25) is 0 Å². The Kier molecular flexibility index (Phi) is 12.9. The molecule has 0 aromatic rings. The molecule has 0 radical (unpaired) electrons. The Morgan fingerprint density at radius 1 is 0.857 bits per heavy atom. The molecule has 0 atom stereocenters. The van der Waals surface area contributed by atoms with Crippen LogP contribution in [0.5, 0.6) is 0 Å². The van der Waals surface area contributed by atoms with E-state index in [9.17, 15) is 0 Å². The van der Waals surface area contributed by atoms with Gasteiger partial charge in [-0.2, -0.15) is 0 Å². The van der Waals surface area contributed by atoms with E-state index in [1.807, 2.05) is 6.08 Å². The topological polar surface area (TPSA) is 20.2 Å². The summed E-state index contributed by atoms with van der Waals surface area (Å²) in [6, 6.07) is 0. The summed E-state index contributed by atoms with van der Waals surface area (Å²) < 4.78 is 6.32. The van der Waals surface area contributed by atoms with Crippen molar-refractivity contribution >= 4 is 18.4 Å². The molecule has 0 aliphatic heterocycles. The Balaban J connectivity index is 5.31. The zero-order valence-corrected chi connectivity index (χ0v) is 18.0. The molecule has 0 fully saturated rings. The number of hydrogen-bond donors (Lipinski definition) is 1. The first-order valence-corrected chi connectivity index (χ1v) is 16.5. The number of rotatable bonds is 12. The van der Waals surface area contributed by atoms with E-state index in [2.05, 4.69) is 40.7 Å². The Bertz CT molecular complexity index is 296. The fraction of sp³-hybridized carbons (Fsp3) is 0.789. The summed E-state index contributed by atoms with van der Waals surface area (Å²) in [4.78, 5) is 0. The molecule has 1 nitrogen and oxygen atoms in total. The van der Waals surface area contributed by atoms with Gasteiger partial charge in [0.25, 0.3) is 0 Å². The van der Waals surface area contributed by atoms with Crippen molar-refractivity contribution in [3.8, 4) is 0 Å². The van der Waals surface area contributed by atoms with Crippen LogP contribution in [0, 0.1) is 0 Å². The molecule has 0 aliphatic carbocycles. The monoisotopic (exact) mass is 402 g/mol. The van der Waals surface area contributed by atoms with Crippen LogP contribution in [-0.2, 0) is 0 Å². The van der Waals surface area contributed by atoms with Crippen LogP contribution in [0.25, 0.3) is 0 Å². The summed E-state index contributed by atoms with van der Waals surface area (Å²) in [6.45, 7) is 11.7. The molecule has 0 spiro atoms. The maximum absolute atomic E-state index is 9.09. The minimum atomic E-state index is -2.18. The zero-order valence-electron chi connectivity index (χ0n) is 15.2. The molecular weight excluding hydrogens is 363 g/mol. The molecule has 124 valence electrons.